The molecule has 0 bridgehead atoms. The summed E-state index contributed by atoms with van der Waals surface area (Å²) >= 11 is 12.6. The molecule has 0 saturated heterocycles. The van der Waals surface area contributed by atoms with Gasteiger partial charge in [-0.1, -0.05) is 41.4 Å². The van der Waals surface area contributed by atoms with Gasteiger partial charge in [0.1, 0.15) is 6.04 Å². The monoisotopic (exact) mass is 648 g/mol. The topological polar surface area (TPSA) is 223 Å². The van der Waals surface area contributed by atoms with Crippen LogP contribution in [0, 0.1) is 0 Å². The van der Waals surface area contributed by atoms with Crippen molar-refractivity contribution < 1.29 is 32.7 Å². The van der Waals surface area contributed by atoms with Crippen LogP contribution in [0.2, 0.25) is 10.0 Å². The third kappa shape index (κ3) is 9.16. The Kier molecular flexibility index (Phi) is 10.7. The molecule has 0 saturated carbocycles. The van der Waals surface area contributed by atoms with E-state index in [0.717, 1.165) is 6.26 Å². The number of nitrogens with one attached hydrogen (secondary N) is 3. The molecule has 0 aliphatic rings. The Morgan fingerprint density at radius 3 is 2.09 bits per heavy atom. The molecule has 13 nitrogen and oxygen atoms in total. The Morgan fingerprint density at radius 2 is 1.53 bits per heavy atom. The van der Waals surface area contributed by atoms with E-state index in [0.29, 0.717) is 16.8 Å². The summed E-state index contributed by atoms with van der Waals surface area (Å²) in [5, 5.41) is 16.4. The Hall–Kier alpha value is -4.66. The smallest absolute Gasteiger partial charge is 0.328 e. The van der Waals surface area contributed by atoms with E-state index in [1.165, 1.54) is 36.4 Å². The number of halogens is 2. The van der Waals surface area contributed by atoms with Crippen molar-refractivity contribution in [3.63, 3.8) is 0 Å². The van der Waals surface area contributed by atoms with Crippen LogP contribution in [0.15, 0.2) is 70.6 Å². The van der Waals surface area contributed by atoms with E-state index in [4.69, 9.17) is 34.7 Å². The van der Waals surface area contributed by atoms with Crippen molar-refractivity contribution in [1.82, 2.24) is 16.0 Å². The van der Waals surface area contributed by atoms with Gasteiger partial charge in [-0.25, -0.2) is 18.2 Å². The standard InChI is InChI=1S/C27H26Cl2N6O7S/c1-43(41,42)18-7-5-14(6-8-18)16-10-19(28)23(20(29)11-16)25(38)35-21(26(39)40)12-32-22(36)13-33-24(37)15-3-2-4-17(9-15)34-27(30)31/h2-11,21H,12-13H2,1H3,(H,32,36)(H,33,37)(H,35,38)(H,39,40)(H4,30,31,34)/t21-/m1/s1. The minimum absolute atomic E-state index is 0.0908. The number of carboxylic acid groups (broad SMARTS) is 1. The van der Waals surface area contributed by atoms with Gasteiger partial charge >= 0.3 is 5.97 Å². The first-order chi connectivity index (χ1) is 20.1. The highest BCUT2D eigenvalue weighted by Crippen LogP contribution is 2.32. The Bertz CT molecular complexity index is 1690. The summed E-state index contributed by atoms with van der Waals surface area (Å²) in [4.78, 5) is 53.3. The number of nitrogens with two attached hydrogens (primary N) is 2. The number of nitrogens with zero attached hydrogens (tertiary/aromatic N) is 1. The van der Waals surface area contributed by atoms with Gasteiger partial charge in [0.05, 0.1) is 32.7 Å². The molecule has 3 rings (SSSR count). The van der Waals surface area contributed by atoms with Crippen LogP contribution in [0.4, 0.5) is 5.69 Å². The number of rotatable bonds is 11. The molecule has 1 atom stereocenters. The number of carbonyl (C=O) groups is 4. The van der Waals surface area contributed by atoms with Crippen molar-refractivity contribution in [3.05, 3.63) is 81.8 Å². The predicted molar refractivity (Wildman–Crippen MR) is 161 cm³/mol. The van der Waals surface area contributed by atoms with Gasteiger partial charge in [0.25, 0.3) is 11.8 Å². The van der Waals surface area contributed by atoms with Crippen molar-refractivity contribution in [2.45, 2.75) is 10.9 Å². The lowest BCUT2D eigenvalue weighted by atomic mass is 10.0. The van der Waals surface area contributed by atoms with Gasteiger partial charge in [0.2, 0.25) is 5.91 Å². The average Bonchev–Trinajstić information content (AvgIpc) is 2.92. The number of carboxylic acids is 1. The van der Waals surface area contributed by atoms with E-state index in [9.17, 15) is 32.7 Å². The van der Waals surface area contributed by atoms with E-state index in [2.05, 4.69) is 20.9 Å². The van der Waals surface area contributed by atoms with Gasteiger partial charge in [-0.2, -0.15) is 0 Å². The molecule has 226 valence electrons. The van der Waals surface area contributed by atoms with Crippen LogP contribution in [0.25, 0.3) is 11.1 Å². The molecule has 3 aromatic rings. The van der Waals surface area contributed by atoms with Crippen LogP contribution in [0.3, 0.4) is 0 Å². The summed E-state index contributed by atoms with van der Waals surface area (Å²) in [5.41, 5.74) is 12.0. The number of aliphatic imine (C=N–C) groups is 1. The van der Waals surface area contributed by atoms with Crippen LogP contribution in [0.1, 0.15) is 20.7 Å². The molecule has 0 aliphatic carbocycles. The second-order valence-electron chi connectivity index (χ2n) is 9.05. The lowest BCUT2D eigenvalue weighted by molar-refractivity contribution is -0.139. The summed E-state index contributed by atoms with van der Waals surface area (Å²) in [5.74, 6) is -3.90. The molecule has 3 aromatic carbocycles. The molecule has 0 heterocycles. The molecule has 0 aliphatic heterocycles. The van der Waals surface area contributed by atoms with Crippen molar-refractivity contribution in [2.75, 3.05) is 19.3 Å². The lowest BCUT2D eigenvalue weighted by Gasteiger charge is -2.17. The van der Waals surface area contributed by atoms with E-state index >= 15 is 0 Å². The van der Waals surface area contributed by atoms with Crippen LogP contribution in [-0.4, -0.2) is 68.6 Å². The minimum atomic E-state index is -3.40. The van der Waals surface area contributed by atoms with Crippen molar-refractivity contribution >= 4 is 68.4 Å². The maximum atomic E-state index is 12.9. The second kappa shape index (κ2) is 14.0. The number of hydrogen-bond donors (Lipinski definition) is 6. The zero-order valence-corrected chi connectivity index (χ0v) is 24.8. The van der Waals surface area contributed by atoms with Crippen LogP contribution in [-0.2, 0) is 19.4 Å². The van der Waals surface area contributed by atoms with Crippen LogP contribution < -0.4 is 27.4 Å². The first kappa shape index (κ1) is 32.8. The van der Waals surface area contributed by atoms with Gasteiger partial charge in [-0.15, -0.1) is 0 Å². The number of benzene rings is 3. The number of aliphatic carboxylic acids is 1. The number of amides is 3. The minimum Gasteiger partial charge on any atom is -0.480 e. The van der Waals surface area contributed by atoms with E-state index in [1.54, 1.807) is 24.3 Å². The van der Waals surface area contributed by atoms with Gasteiger partial charge in [0, 0.05) is 18.4 Å². The Balaban J connectivity index is 1.62. The highest BCUT2D eigenvalue weighted by atomic mass is 35.5. The average molecular weight is 650 g/mol. The summed E-state index contributed by atoms with van der Waals surface area (Å²) in [6.07, 6.45) is 1.08. The molecule has 3 amide bonds. The maximum absolute atomic E-state index is 12.9. The van der Waals surface area contributed by atoms with Crippen molar-refractivity contribution in [3.8, 4) is 11.1 Å². The molecule has 0 unspecified atom stereocenters. The quantitative estimate of drug-likeness (QED) is 0.131. The van der Waals surface area contributed by atoms with Crippen LogP contribution in [0.5, 0.6) is 0 Å². The zero-order valence-electron chi connectivity index (χ0n) is 22.4. The van der Waals surface area contributed by atoms with Gasteiger partial charge < -0.3 is 32.5 Å². The fourth-order valence-corrected chi connectivity index (χ4v) is 4.98. The number of guanidine groups is 1. The summed E-state index contributed by atoms with van der Waals surface area (Å²) in [6.45, 7) is -1.01. The summed E-state index contributed by atoms with van der Waals surface area (Å²) < 4.78 is 23.4. The highest BCUT2D eigenvalue weighted by Gasteiger charge is 2.25. The zero-order chi connectivity index (χ0) is 31.9. The van der Waals surface area contributed by atoms with Crippen LogP contribution >= 0.6 is 23.2 Å². The normalized spacial score (nSPS) is 11.6. The molecular weight excluding hydrogens is 623 g/mol. The number of sulfone groups is 1. The summed E-state index contributed by atoms with van der Waals surface area (Å²) in [7, 11) is -3.40. The van der Waals surface area contributed by atoms with Gasteiger partial charge in [-0.3, -0.25) is 14.4 Å². The molecule has 0 radical (unpaired) electrons. The SMILES string of the molecule is CS(=O)(=O)c1ccc(-c2cc(Cl)c(C(=O)N[C@H](CNC(=O)CNC(=O)c3cccc(N=C(N)N)c3)C(=O)O)c(Cl)c2)cc1. The number of hydrogen-bond acceptors (Lipinski definition) is 7. The highest BCUT2D eigenvalue weighted by molar-refractivity contribution is 7.90. The third-order valence-corrected chi connectivity index (χ3v) is 7.49. The largest absolute Gasteiger partial charge is 0.480 e. The Morgan fingerprint density at radius 1 is 0.907 bits per heavy atom. The first-order valence-corrected chi connectivity index (χ1v) is 14.9. The van der Waals surface area contributed by atoms with Gasteiger partial charge in [0.15, 0.2) is 15.8 Å². The molecule has 43 heavy (non-hydrogen) atoms. The molecule has 0 spiro atoms. The first-order valence-electron chi connectivity index (χ1n) is 12.2. The Labute approximate surface area is 256 Å². The van der Waals surface area contributed by atoms with E-state index < -0.39 is 52.7 Å². The van der Waals surface area contributed by atoms with E-state index in [-0.39, 0.29) is 32.0 Å². The molecule has 8 N–H and O–H groups in total. The fraction of sp³-hybridized carbons (Fsp3) is 0.148. The molecule has 0 fully saturated rings. The van der Waals surface area contributed by atoms with Gasteiger partial charge in [-0.05, 0) is 53.6 Å². The lowest BCUT2D eigenvalue weighted by Crippen LogP contribution is -2.50. The maximum Gasteiger partial charge on any atom is 0.328 e. The summed E-state index contributed by atoms with van der Waals surface area (Å²) in [6, 6.07) is 13.2. The van der Waals surface area contributed by atoms with Crippen molar-refractivity contribution in [1.29, 1.82) is 0 Å². The molecule has 16 heteroatoms. The number of carbonyl (C=O) groups excluding carboxylic acids is 3. The van der Waals surface area contributed by atoms with E-state index in [1.807, 2.05) is 0 Å². The molecule has 0 aromatic heterocycles. The second-order valence-corrected chi connectivity index (χ2v) is 11.9. The molecular formula is C27H26Cl2N6O7S. The predicted octanol–water partition coefficient (Wildman–Crippen LogP) is 1.70. The third-order valence-electron chi connectivity index (χ3n) is 5.77. The van der Waals surface area contributed by atoms with Crippen molar-refractivity contribution in [2.24, 2.45) is 16.5 Å². The fourth-order valence-electron chi connectivity index (χ4n) is 3.69.